The second kappa shape index (κ2) is 11.5. The number of hydrogen-bond acceptors (Lipinski definition) is 8. The van der Waals surface area contributed by atoms with Crippen LogP contribution in [0.2, 0.25) is 5.02 Å². The Kier molecular flexibility index (Phi) is 7.69. The van der Waals surface area contributed by atoms with Crippen molar-refractivity contribution >= 4 is 28.5 Å². The first-order valence-corrected chi connectivity index (χ1v) is 12.6. The van der Waals surface area contributed by atoms with E-state index in [0.717, 1.165) is 5.56 Å². The summed E-state index contributed by atoms with van der Waals surface area (Å²) in [4.78, 5) is 30.2. The van der Waals surface area contributed by atoms with Crippen molar-refractivity contribution in [3.8, 4) is 28.5 Å². The van der Waals surface area contributed by atoms with E-state index in [4.69, 9.17) is 25.8 Å². The third kappa shape index (κ3) is 5.34. The monoisotopic (exact) mass is 563 g/mol. The van der Waals surface area contributed by atoms with E-state index in [1.54, 1.807) is 35.0 Å². The van der Waals surface area contributed by atoms with Crippen LogP contribution in [0.1, 0.15) is 16.1 Å². The van der Waals surface area contributed by atoms with E-state index < -0.39 is 0 Å². The van der Waals surface area contributed by atoms with Crippen LogP contribution >= 0.6 is 11.6 Å². The standard InChI is InChI=1S/C27H26ClN7O5/c1-38-22-10-17(11-23(39-2)24(22)40-3)20-12-21(33-32-20)26(36)29-7-8-35-25-19(13-31-35)27(37)34(15-30-25)14-16-5-4-6-18(28)9-16/h4-6,9-13,15H,7-8,14H2,1-3H3,(H,29,36)(H,32,33). The summed E-state index contributed by atoms with van der Waals surface area (Å²) in [7, 11) is 4.58. The van der Waals surface area contributed by atoms with Gasteiger partial charge in [-0.3, -0.25) is 19.3 Å². The molecule has 0 bridgehead atoms. The Bertz CT molecular complexity index is 1720. The predicted octanol–water partition coefficient (Wildman–Crippen LogP) is 3.14. The Morgan fingerprint density at radius 3 is 2.55 bits per heavy atom. The van der Waals surface area contributed by atoms with Crippen LogP contribution in [-0.2, 0) is 13.1 Å². The largest absolute Gasteiger partial charge is 0.493 e. The maximum atomic E-state index is 13.0. The number of methoxy groups -OCH3 is 3. The maximum Gasteiger partial charge on any atom is 0.269 e. The summed E-state index contributed by atoms with van der Waals surface area (Å²) in [5.74, 6) is 1.06. The zero-order chi connectivity index (χ0) is 28.2. The van der Waals surface area contributed by atoms with Crippen LogP contribution < -0.4 is 25.1 Å². The predicted molar refractivity (Wildman–Crippen MR) is 148 cm³/mol. The molecule has 0 aliphatic heterocycles. The van der Waals surface area contributed by atoms with Crippen LogP contribution in [0, 0.1) is 0 Å². The molecule has 5 rings (SSSR count). The Hall–Kier alpha value is -4.84. The van der Waals surface area contributed by atoms with Crippen molar-refractivity contribution < 1.29 is 19.0 Å². The lowest BCUT2D eigenvalue weighted by Gasteiger charge is -2.13. The topological polar surface area (TPSA) is 138 Å². The van der Waals surface area contributed by atoms with Gasteiger partial charge in [-0.2, -0.15) is 10.2 Å². The molecule has 0 radical (unpaired) electrons. The molecule has 12 nitrogen and oxygen atoms in total. The molecule has 0 unspecified atom stereocenters. The van der Waals surface area contributed by atoms with E-state index in [0.29, 0.717) is 57.7 Å². The van der Waals surface area contributed by atoms with Crippen LogP contribution in [0.25, 0.3) is 22.3 Å². The van der Waals surface area contributed by atoms with E-state index in [-0.39, 0.29) is 23.7 Å². The fourth-order valence-electron chi connectivity index (χ4n) is 4.29. The second-order valence-corrected chi connectivity index (χ2v) is 9.19. The molecule has 3 heterocycles. The van der Waals surface area contributed by atoms with Gasteiger partial charge < -0.3 is 19.5 Å². The second-order valence-electron chi connectivity index (χ2n) is 8.75. The summed E-state index contributed by atoms with van der Waals surface area (Å²) < 4.78 is 19.2. The SMILES string of the molecule is COc1cc(-c2cc(C(=O)NCCn3ncc4c(=O)n(Cc5cccc(Cl)c5)cnc43)[nH]n2)cc(OC)c1OC. The normalized spacial score (nSPS) is 11.0. The molecule has 5 aromatic rings. The van der Waals surface area contributed by atoms with Crippen LogP contribution in [0.15, 0.2) is 59.8 Å². The molecule has 13 heteroatoms. The lowest BCUT2D eigenvalue weighted by atomic mass is 10.1. The average Bonchev–Trinajstić information content (AvgIpc) is 3.62. The molecule has 0 fully saturated rings. The molecule has 0 aliphatic rings. The van der Waals surface area contributed by atoms with Crippen molar-refractivity contribution in [2.75, 3.05) is 27.9 Å². The smallest absolute Gasteiger partial charge is 0.269 e. The van der Waals surface area contributed by atoms with Crippen LogP contribution in [0.4, 0.5) is 0 Å². The van der Waals surface area contributed by atoms with E-state index in [1.165, 1.54) is 38.4 Å². The number of aromatic nitrogens is 6. The zero-order valence-corrected chi connectivity index (χ0v) is 22.7. The van der Waals surface area contributed by atoms with Crippen molar-refractivity contribution in [1.82, 2.24) is 34.8 Å². The molecule has 0 atom stereocenters. The fraction of sp³-hybridized carbons (Fsp3) is 0.222. The number of ether oxygens (including phenoxy) is 3. The number of amides is 1. The van der Waals surface area contributed by atoms with Crippen molar-refractivity contribution in [2.45, 2.75) is 13.1 Å². The van der Waals surface area contributed by atoms with Gasteiger partial charge in [0.25, 0.3) is 11.5 Å². The number of rotatable bonds is 10. The van der Waals surface area contributed by atoms with Gasteiger partial charge in [-0.05, 0) is 35.9 Å². The minimum Gasteiger partial charge on any atom is -0.493 e. The molecule has 1 amide bonds. The maximum absolute atomic E-state index is 13.0. The lowest BCUT2D eigenvalue weighted by molar-refractivity contribution is 0.0947. The summed E-state index contributed by atoms with van der Waals surface area (Å²) in [6, 6.07) is 12.4. The van der Waals surface area contributed by atoms with Gasteiger partial charge >= 0.3 is 0 Å². The fourth-order valence-corrected chi connectivity index (χ4v) is 4.50. The van der Waals surface area contributed by atoms with Gasteiger partial charge in [0.15, 0.2) is 17.1 Å². The highest BCUT2D eigenvalue weighted by Gasteiger charge is 2.17. The molecule has 0 aliphatic carbocycles. The highest BCUT2D eigenvalue weighted by atomic mass is 35.5. The lowest BCUT2D eigenvalue weighted by Crippen LogP contribution is -2.28. The van der Waals surface area contributed by atoms with Gasteiger partial charge in [-0.1, -0.05) is 23.7 Å². The molecule has 0 saturated carbocycles. The number of fused-ring (bicyclic) bond motifs is 1. The Balaban J connectivity index is 1.25. The first kappa shape index (κ1) is 26.8. The molecule has 2 N–H and O–H groups in total. The van der Waals surface area contributed by atoms with Gasteiger partial charge in [0, 0.05) is 17.1 Å². The van der Waals surface area contributed by atoms with Crippen molar-refractivity contribution in [3.63, 3.8) is 0 Å². The molecule has 0 saturated heterocycles. The average molecular weight is 564 g/mol. The summed E-state index contributed by atoms with van der Waals surface area (Å²) in [5, 5.41) is 15.1. The molecule has 206 valence electrons. The third-order valence-electron chi connectivity index (χ3n) is 6.26. The van der Waals surface area contributed by atoms with Gasteiger partial charge in [0.05, 0.1) is 46.3 Å². The number of hydrogen-bond donors (Lipinski definition) is 2. The van der Waals surface area contributed by atoms with E-state index >= 15 is 0 Å². The minimum atomic E-state index is -0.348. The first-order chi connectivity index (χ1) is 19.4. The van der Waals surface area contributed by atoms with Crippen LogP contribution in [0.3, 0.4) is 0 Å². The van der Waals surface area contributed by atoms with Crippen molar-refractivity contribution in [2.24, 2.45) is 0 Å². The van der Waals surface area contributed by atoms with Crippen LogP contribution in [-0.4, -0.2) is 63.3 Å². The van der Waals surface area contributed by atoms with E-state index in [2.05, 4.69) is 25.6 Å². The highest BCUT2D eigenvalue weighted by Crippen LogP contribution is 2.40. The summed E-state index contributed by atoms with van der Waals surface area (Å²) >= 11 is 6.06. The van der Waals surface area contributed by atoms with E-state index in [1.807, 2.05) is 12.1 Å². The Labute approximate surface area is 233 Å². The third-order valence-corrected chi connectivity index (χ3v) is 6.49. The summed E-state index contributed by atoms with van der Waals surface area (Å²) in [6.07, 6.45) is 2.97. The number of H-pyrrole nitrogens is 1. The van der Waals surface area contributed by atoms with Gasteiger partial charge in [0.1, 0.15) is 17.4 Å². The van der Waals surface area contributed by atoms with Gasteiger partial charge in [0.2, 0.25) is 5.75 Å². The van der Waals surface area contributed by atoms with Gasteiger partial charge in [-0.25, -0.2) is 9.67 Å². The molecule has 40 heavy (non-hydrogen) atoms. The molecule has 0 spiro atoms. The zero-order valence-electron chi connectivity index (χ0n) is 22.0. The number of nitrogens with zero attached hydrogens (tertiary/aromatic N) is 5. The molecular formula is C27H26ClN7O5. The number of nitrogens with one attached hydrogen (secondary N) is 2. The number of carbonyl (C=O) groups is 1. The summed E-state index contributed by atoms with van der Waals surface area (Å²) in [6.45, 7) is 0.904. The number of aromatic amines is 1. The van der Waals surface area contributed by atoms with E-state index in [9.17, 15) is 9.59 Å². The number of halogens is 1. The van der Waals surface area contributed by atoms with Crippen LogP contribution in [0.5, 0.6) is 17.2 Å². The number of benzene rings is 2. The number of carbonyl (C=O) groups excluding carboxylic acids is 1. The Morgan fingerprint density at radius 2 is 1.85 bits per heavy atom. The quantitative estimate of drug-likeness (QED) is 0.264. The molecular weight excluding hydrogens is 538 g/mol. The molecule has 3 aromatic heterocycles. The molecule has 2 aromatic carbocycles. The Morgan fingerprint density at radius 1 is 1.07 bits per heavy atom. The van der Waals surface area contributed by atoms with Crippen molar-refractivity contribution in [3.05, 3.63) is 81.6 Å². The first-order valence-electron chi connectivity index (χ1n) is 12.2. The minimum absolute atomic E-state index is 0.211. The van der Waals surface area contributed by atoms with Gasteiger partial charge in [-0.15, -0.1) is 0 Å². The van der Waals surface area contributed by atoms with Crippen molar-refractivity contribution in [1.29, 1.82) is 0 Å². The highest BCUT2D eigenvalue weighted by molar-refractivity contribution is 6.30. The summed E-state index contributed by atoms with van der Waals surface area (Å²) in [5.41, 5.74) is 2.60.